The lowest BCUT2D eigenvalue weighted by atomic mass is 9.98. The van der Waals surface area contributed by atoms with E-state index in [0.29, 0.717) is 6.61 Å². The van der Waals surface area contributed by atoms with E-state index in [1.54, 1.807) is 7.11 Å². The normalized spacial score (nSPS) is 13.7. The SMILES string of the molecule is COc1ccc(COC(c2ccccc2)[C@@H](C)CO)cc1. The van der Waals surface area contributed by atoms with Crippen molar-refractivity contribution in [1.82, 2.24) is 0 Å². The van der Waals surface area contributed by atoms with Crippen LogP contribution in [-0.2, 0) is 11.3 Å². The zero-order valence-corrected chi connectivity index (χ0v) is 12.5. The molecule has 0 aliphatic heterocycles. The van der Waals surface area contributed by atoms with Gasteiger partial charge >= 0.3 is 0 Å². The van der Waals surface area contributed by atoms with Crippen molar-refractivity contribution in [3.63, 3.8) is 0 Å². The summed E-state index contributed by atoms with van der Waals surface area (Å²) in [6.45, 7) is 2.60. The number of ether oxygens (including phenoxy) is 2. The van der Waals surface area contributed by atoms with Crippen LogP contribution in [0.4, 0.5) is 0 Å². The van der Waals surface area contributed by atoms with Gasteiger partial charge in [0.1, 0.15) is 5.75 Å². The first-order chi connectivity index (χ1) is 10.2. The lowest BCUT2D eigenvalue weighted by Gasteiger charge is -2.23. The second kappa shape index (κ2) is 7.81. The van der Waals surface area contributed by atoms with Crippen LogP contribution in [0, 0.1) is 5.92 Å². The van der Waals surface area contributed by atoms with E-state index in [4.69, 9.17) is 9.47 Å². The number of aliphatic hydroxyl groups excluding tert-OH is 1. The molecule has 0 bridgehead atoms. The van der Waals surface area contributed by atoms with Crippen molar-refractivity contribution in [3.05, 3.63) is 65.7 Å². The first kappa shape index (κ1) is 15.5. The molecule has 2 atom stereocenters. The van der Waals surface area contributed by atoms with Crippen molar-refractivity contribution in [2.75, 3.05) is 13.7 Å². The fourth-order valence-corrected chi connectivity index (χ4v) is 2.24. The summed E-state index contributed by atoms with van der Waals surface area (Å²) in [7, 11) is 1.65. The standard InChI is InChI=1S/C18H22O3/c1-14(12-19)18(16-6-4-3-5-7-16)21-13-15-8-10-17(20-2)11-9-15/h3-11,14,18-19H,12-13H2,1-2H3/t14-,18?/m0/s1. The van der Waals surface area contributed by atoms with E-state index >= 15 is 0 Å². The third-order valence-electron chi connectivity index (χ3n) is 3.52. The van der Waals surface area contributed by atoms with Crippen LogP contribution in [0.25, 0.3) is 0 Å². The molecule has 0 saturated carbocycles. The Morgan fingerprint density at radius 3 is 2.24 bits per heavy atom. The molecule has 0 aliphatic rings. The molecular weight excluding hydrogens is 264 g/mol. The van der Waals surface area contributed by atoms with Gasteiger partial charge in [-0.3, -0.25) is 0 Å². The Hall–Kier alpha value is -1.84. The first-order valence-corrected chi connectivity index (χ1v) is 7.15. The van der Waals surface area contributed by atoms with Crippen LogP contribution in [0.5, 0.6) is 5.75 Å². The second-order valence-electron chi connectivity index (χ2n) is 5.15. The molecule has 0 spiro atoms. The highest BCUT2D eigenvalue weighted by Crippen LogP contribution is 2.27. The predicted octanol–water partition coefficient (Wildman–Crippen LogP) is 3.58. The van der Waals surface area contributed by atoms with E-state index in [1.807, 2.05) is 61.5 Å². The van der Waals surface area contributed by atoms with Gasteiger partial charge in [0.05, 0.1) is 19.8 Å². The van der Waals surface area contributed by atoms with Crippen molar-refractivity contribution in [1.29, 1.82) is 0 Å². The molecule has 21 heavy (non-hydrogen) atoms. The highest BCUT2D eigenvalue weighted by Gasteiger charge is 2.19. The first-order valence-electron chi connectivity index (χ1n) is 7.15. The van der Waals surface area contributed by atoms with E-state index < -0.39 is 0 Å². The van der Waals surface area contributed by atoms with E-state index in [2.05, 4.69) is 0 Å². The maximum Gasteiger partial charge on any atom is 0.118 e. The zero-order valence-electron chi connectivity index (χ0n) is 12.5. The van der Waals surface area contributed by atoms with Crippen molar-refractivity contribution in [2.24, 2.45) is 5.92 Å². The minimum atomic E-state index is -0.113. The molecule has 3 nitrogen and oxygen atoms in total. The van der Waals surface area contributed by atoms with E-state index in [9.17, 15) is 5.11 Å². The molecule has 112 valence electrons. The van der Waals surface area contributed by atoms with Gasteiger partial charge in [0.15, 0.2) is 0 Å². The topological polar surface area (TPSA) is 38.7 Å². The summed E-state index contributed by atoms with van der Waals surface area (Å²) in [6, 6.07) is 17.8. The van der Waals surface area contributed by atoms with Gasteiger partial charge in [0.25, 0.3) is 0 Å². The number of aliphatic hydroxyl groups is 1. The van der Waals surface area contributed by atoms with Gasteiger partial charge in [-0.25, -0.2) is 0 Å². The Balaban J connectivity index is 2.05. The molecule has 3 heteroatoms. The van der Waals surface area contributed by atoms with Crippen LogP contribution in [0.1, 0.15) is 24.2 Å². The van der Waals surface area contributed by atoms with E-state index in [-0.39, 0.29) is 18.6 Å². The maximum absolute atomic E-state index is 9.44. The van der Waals surface area contributed by atoms with Crippen molar-refractivity contribution >= 4 is 0 Å². The molecule has 0 fully saturated rings. The summed E-state index contributed by atoms with van der Waals surface area (Å²) in [5.74, 6) is 0.882. The van der Waals surface area contributed by atoms with E-state index in [0.717, 1.165) is 16.9 Å². The minimum absolute atomic E-state index is 0.0469. The van der Waals surface area contributed by atoms with E-state index in [1.165, 1.54) is 0 Å². The molecule has 0 aromatic heterocycles. The lowest BCUT2D eigenvalue weighted by molar-refractivity contribution is -0.0124. The quantitative estimate of drug-likeness (QED) is 0.845. The molecule has 2 aromatic rings. The molecule has 0 saturated heterocycles. The number of hydrogen-bond donors (Lipinski definition) is 1. The summed E-state index contributed by atoms with van der Waals surface area (Å²) >= 11 is 0. The molecule has 1 N–H and O–H groups in total. The van der Waals surface area contributed by atoms with Crippen LogP contribution in [-0.4, -0.2) is 18.8 Å². The average molecular weight is 286 g/mol. The van der Waals surface area contributed by atoms with Crippen molar-refractivity contribution < 1.29 is 14.6 Å². The average Bonchev–Trinajstić information content (AvgIpc) is 2.56. The largest absolute Gasteiger partial charge is 0.497 e. The fraction of sp³-hybridized carbons (Fsp3) is 0.333. The summed E-state index contributed by atoms with van der Waals surface area (Å²) in [4.78, 5) is 0. The number of hydrogen-bond acceptors (Lipinski definition) is 3. The number of methoxy groups -OCH3 is 1. The molecule has 2 aromatic carbocycles. The van der Waals surface area contributed by atoms with Crippen molar-refractivity contribution in [3.8, 4) is 5.75 Å². The van der Waals surface area contributed by atoms with Crippen LogP contribution in [0.2, 0.25) is 0 Å². The molecular formula is C18H22O3. The number of benzene rings is 2. The fourth-order valence-electron chi connectivity index (χ4n) is 2.24. The molecule has 0 aliphatic carbocycles. The van der Waals surface area contributed by atoms with Gasteiger partial charge in [-0.1, -0.05) is 49.4 Å². The highest BCUT2D eigenvalue weighted by molar-refractivity contribution is 5.27. The maximum atomic E-state index is 9.44. The van der Waals surface area contributed by atoms with Crippen molar-refractivity contribution in [2.45, 2.75) is 19.6 Å². The zero-order chi connectivity index (χ0) is 15.1. The van der Waals surface area contributed by atoms with Crippen LogP contribution >= 0.6 is 0 Å². The summed E-state index contributed by atoms with van der Waals surface area (Å²) < 4.78 is 11.2. The van der Waals surface area contributed by atoms with Crippen LogP contribution in [0.15, 0.2) is 54.6 Å². The predicted molar refractivity (Wildman–Crippen MR) is 83.2 cm³/mol. The molecule has 2 rings (SSSR count). The Bertz CT molecular complexity index is 522. The highest BCUT2D eigenvalue weighted by atomic mass is 16.5. The lowest BCUT2D eigenvalue weighted by Crippen LogP contribution is -2.17. The summed E-state index contributed by atoms with van der Waals surface area (Å²) in [5.41, 5.74) is 2.18. The van der Waals surface area contributed by atoms with Gasteiger partial charge < -0.3 is 14.6 Å². The van der Waals surface area contributed by atoms with Gasteiger partial charge in [-0.15, -0.1) is 0 Å². The van der Waals surface area contributed by atoms with Crippen LogP contribution < -0.4 is 4.74 Å². The van der Waals surface area contributed by atoms with Gasteiger partial charge in [0, 0.05) is 12.5 Å². The molecule has 0 heterocycles. The Labute approximate surface area is 126 Å². The summed E-state index contributed by atoms with van der Waals surface area (Å²) in [5, 5.41) is 9.44. The minimum Gasteiger partial charge on any atom is -0.497 e. The van der Waals surface area contributed by atoms with Crippen LogP contribution in [0.3, 0.4) is 0 Å². The third-order valence-corrected chi connectivity index (χ3v) is 3.52. The van der Waals surface area contributed by atoms with Gasteiger partial charge in [0.2, 0.25) is 0 Å². The van der Waals surface area contributed by atoms with Gasteiger partial charge in [-0.05, 0) is 23.3 Å². The third kappa shape index (κ3) is 4.31. The smallest absolute Gasteiger partial charge is 0.118 e. The molecule has 1 unspecified atom stereocenters. The second-order valence-corrected chi connectivity index (χ2v) is 5.15. The molecule has 0 amide bonds. The molecule has 0 radical (unpaired) electrons. The Kier molecular flexibility index (Phi) is 5.78. The summed E-state index contributed by atoms with van der Waals surface area (Å²) in [6.07, 6.45) is -0.113. The monoisotopic (exact) mass is 286 g/mol. The Morgan fingerprint density at radius 1 is 1.00 bits per heavy atom. The number of rotatable bonds is 7. The van der Waals surface area contributed by atoms with Gasteiger partial charge in [-0.2, -0.15) is 0 Å². The Morgan fingerprint density at radius 2 is 1.67 bits per heavy atom.